The van der Waals surface area contributed by atoms with Gasteiger partial charge in [-0.15, -0.1) is 5.10 Å². The van der Waals surface area contributed by atoms with Gasteiger partial charge < -0.3 is 0 Å². The highest BCUT2D eigenvalue weighted by Crippen LogP contribution is 2.13. The summed E-state index contributed by atoms with van der Waals surface area (Å²) in [7, 11) is 0. The number of ketones is 1. The van der Waals surface area contributed by atoms with Crippen LogP contribution in [0, 0.1) is 0 Å². The van der Waals surface area contributed by atoms with Crippen LogP contribution in [-0.4, -0.2) is 17.7 Å². The third-order valence-electron chi connectivity index (χ3n) is 1.86. The van der Waals surface area contributed by atoms with Crippen LogP contribution in [0.25, 0.3) is 0 Å². The number of hydrogen-bond donors (Lipinski definition) is 0. The lowest BCUT2D eigenvalue weighted by Crippen LogP contribution is -2.17. The largest absolute Gasteiger partial charge is 0.287 e. The Kier molecular flexibility index (Phi) is 2.00. The van der Waals surface area contributed by atoms with Crippen LogP contribution in [0.5, 0.6) is 0 Å². The van der Waals surface area contributed by atoms with Crippen molar-refractivity contribution in [2.75, 3.05) is 0 Å². The first-order valence-corrected chi connectivity index (χ1v) is 4.06. The van der Waals surface area contributed by atoms with Crippen LogP contribution in [-0.2, 0) is 4.79 Å². The molecule has 0 aromatic heterocycles. The fraction of sp³-hybridized carbons (Fsp3) is 0.100. The maximum absolute atomic E-state index is 11.3. The van der Waals surface area contributed by atoms with Crippen LogP contribution in [0.4, 0.5) is 0 Å². The van der Waals surface area contributed by atoms with Crippen LogP contribution >= 0.6 is 0 Å². The summed E-state index contributed by atoms with van der Waals surface area (Å²) in [5.74, 6) is -0.0649. The van der Waals surface area contributed by atoms with Crippen LogP contribution < -0.4 is 0 Å². The lowest BCUT2D eigenvalue weighted by atomic mass is 9.97. The summed E-state index contributed by atoms with van der Waals surface area (Å²) in [6, 6.07) is 0. The van der Waals surface area contributed by atoms with Gasteiger partial charge in [0.2, 0.25) is 5.78 Å². The van der Waals surface area contributed by atoms with Crippen LogP contribution in [0.3, 0.4) is 0 Å². The van der Waals surface area contributed by atoms with Crippen molar-refractivity contribution in [1.82, 2.24) is 0 Å². The monoisotopic (exact) mass is 172 g/mol. The summed E-state index contributed by atoms with van der Waals surface area (Å²) < 4.78 is 0. The predicted octanol–water partition coefficient (Wildman–Crippen LogP) is 1.44. The summed E-state index contributed by atoms with van der Waals surface area (Å²) in [6.07, 6.45) is 11.2. The van der Waals surface area contributed by atoms with Crippen molar-refractivity contribution >= 4 is 17.7 Å². The summed E-state index contributed by atoms with van der Waals surface area (Å²) in [5.41, 5.74) is 1.39. The molecule has 1 aliphatic carbocycles. The second-order valence-corrected chi connectivity index (χ2v) is 2.76. The topological polar surface area (TPSA) is 41.8 Å². The highest BCUT2D eigenvalue weighted by molar-refractivity contribution is 6.50. The van der Waals surface area contributed by atoms with Gasteiger partial charge >= 0.3 is 0 Å². The van der Waals surface area contributed by atoms with E-state index in [2.05, 4.69) is 10.2 Å². The van der Waals surface area contributed by atoms with Gasteiger partial charge in [0.15, 0.2) is 0 Å². The van der Waals surface area contributed by atoms with Crippen LogP contribution in [0.15, 0.2) is 46.2 Å². The van der Waals surface area contributed by atoms with Gasteiger partial charge in [-0.3, -0.25) is 4.79 Å². The maximum atomic E-state index is 11.3. The van der Waals surface area contributed by atoms with E-state index in [1.54, 1.807) is 12.3 Å². The molecular formula is C10H8N2O. The molecule has 3 heteroatoms. The Balaban J connectivity index is 2.47. The molecule has 0 N–H and O–H groups in total. The Morgan fingerprint density at radius 1 is 1.31 bits per heavy atom. The van der Waals surface area contributed by atoms with E-state index in [1.165, 1.54) is 6.08 Å². The second kappa shape index (κ2) is 3.31. The van der Waals surface area contributed by atoms with Crippen molar-refractivity contribution in [2.24, 2.45) is 10.2 Å². The lowest BCUT2D eigenvalue weighted by Gasteiger charge is -2.09. The molecule has 0 atom stereocenters. The first kappa shape index (κ1) is 7.86. The van der Waals surface area contributed by atoms with E-state index >= 15 is 0 Å². The first-order chi connectivity index (χ1) is 6.38. The van der Waals surface area contributed by atoms with Crippen LogP contribution in [0.2, 0.25) is 0 Å². The van der Waals surface area contributed by atoms with E-state index in [0.29, 0.717) is 5.71 Å². The molecule has 64 valence electrons. The standard InChI is InChI=1S/C10H8N2O/c13-9-6-3-5-8-4-1-2-7-11-12-10(8)9/h1-4,6-7H,5H2/b2-1-,4-1?,7-2?,8-4-,11-7+,12-10-,12-11?. The van der Waals surface area contributed by atoms with Gasteiger partial charge in [-0.2, -0.15) is 5.10 Å². The van der Waals surface area contributed by atoms with Crippen molar-refractivity contribution in [1.29, 1.82) is 0 Å². The van der Waals surface area contributed by atoms with E-state index in [4.69, 9.17) is 0 Å². The summed E-state index contributed by atoms with van der Waals surface area (Å²) in [5, 5.41) is 7.60. The van der Waals surface area contributed by atoms with Crippen LogP contribution in [0.1, 0.15) is 6.42 Å². The molecule has 2 aliphatic rings. The fourth-order valence-electron chi connectivity index (χ4n) is 1.24. The van der Waals surface area contributed by atoms with Crippen molar-refractivity contribution in [3.8, 4) is 0 Å². The van der Waals surface area contributed by atoms with Gasteiger partial charge in [-0.05, 0) is 24.1 Å². The maximum Gasteiger partial charge on any atom is 0.206 e. The summed E-state index contributed by atoms with van der Waals surface area (Å²) >= 11 is 0. The molecule has 0 fully saturated rings. The van der Waals surface area contributed by atoms with E-state index in [9.17, 15) is 4.79 Å². The molecule has 0 amide bonds. The van der Waals surface area contributed by atoms with Crippen molar-refractivity contribution < 1.29 is 4.79 Å². The lowest BCUT2D eigenvalue weighted by molar-refractivity contribution is -0.108. The molecule has 0 aromatic carbocycles. The van der Waals surface area contributed by atoms with Gasteiger partial charge in [0.05, 0.1) is 0 Å². The molecule has 0 saturated heterocycles. The molecule has 3 nitrogen and oxygen atoms in total. The molecule has 2 rings (SSSR count). The zero-order valence-electron chi connectivity index (χ0n) is 6.97. The average molecular weight is 172 g/mol. The zero-order valence-corrected chi connectivity index (χ0v) is 6.97. The van der Waals surface area contributed by atoms with E-state index in [1.807, 2.05) is 18.2 Å². The zero-order chi connectivity index (χ0) is 9.10. The number of carbonyl (C=O) groups excluding carboxylic acids is 1. The highest BCUT2D eigenvalue weighted by atomic mass is 16.1. The molecule has 1 heterocycles. The molecule has 1 aliphatic heterocycles. The third kappa shape index (κ3) is 1.54. The molecule has 0 spiro atoms. The Morgan fingerprint density at radius 3 is 3.15 bits per heavy atom. The second-order valence-electron chi connectivity index (χ2n) is 2.76. The predicted molar refractivity (Wildman–Crippen MR) is 51.9 cm³/mol. The Bertz CT molecular complexity index is 384. The number of hydrogen-bond acceptors (Lipinski definition) is 3. The van der Waals surface area contributed by atoms with E-state index in [0.717, 1.165) is 12.0 Å². The number of allylic oxidation sites excluding steroid dienone is 6. The molecule has 0 saturated carbocycles. The Labute approximate surface area is 75.9 Å². The molecule has 0 bridgehead atoms. The summed E-state index contributed by atoms with van der Waals surface area (Å²) in [6.45, 7) is 0. The van der Waals surface area contributed by atoms with Gasteiger partial charge in [0.25, 0.3) is 0 Å². The molecule has 0 radical (unpaired) electrons. The SMILES string of the molecule is O=C1C=CC/C2=C/C=C\C=N\N=C/12. The minimum absolute atomic E-state index is 0.0649. The fourth-order valence-corrected chi connectivity index (χ4v) is 1.24. The average Bonchev–Trinajstić information content (AvgIpc) is 2.07. The number of rotatable bonds is 0. The number of nitrogens with zero attached hydrogens (tertiary/aromatic N) is 2. The first-order valence-electron chi connectivity index (χ1n) is 4.06. The van der Waals surface area contributed by atoms with Crippen molar-refractivity contribution in [3.63, 3.8) is 0 Å². The van der Waals surface area contributed by atoms with Crippen molar-refractivity contribution in [2.45, 2.75) is 6.42 Å². The molecule has 0 unspecified atom stereocenters. The van der Waals surface area contributed by atoms with E-state index in [-0.39, 0.29) is 5.78 Å². The Morgan fingerprint density at radius 2 is 2.23 bits per heavy atom. The van der Waals surface area contributed by atoms with E-state index < -0.39 is 0 Å². The number of carbonyl (C=O) groups is 1. The van der Waals surface area contributed by atoms with Gasteiger partial charge in [-0.1, -0.05) is 18.2 Å². The number of fused-ring (bicyclic) bond motifs is 1. The highest BCUT2D eigenvalue weighted by Gasteiger charge is 2.17. The minimum Gasteiger partial charge on any atom is -0.287 e. The quantitative estimate of drug-likeness (QED) is 0.545. The molecular weight excluding hydrogens is 164 g/mol. The normalized spacial score (nSPS) is 33.1. The molecule has 0 aromatic rings. The smallest absolute Gasteiger partial charge is 0.206 e. The van der Waals surface area contributed by atoms with Gasteiger partial charge in [0.1, 0.15) is 5.71 Å². The van der Waals surface area contributed by atoms with Gasteiger partial charge in [0, 0.05) is 6.21 Å². The minimum atomic E-state index is -0.0649. The van der Waals surface area contributed by atoms with Gasteiger partial charge in [-0.25, -0.2) is 0 Å². The summed E-state index contributed by atoms with van der Waals surface area (Å²) in [4.78, 5) is 11.3. The third-order valence-corrected chi connectivity index (χ3v) is 1.86. The van der Waals surface area contributed by atoms with Crippen molar-refractivity contribution in [3.05, 3.63) is 36.0 Å². The molecule has 13 heavy (non-hydrogen) atoms. The Hall–Kier alpha value is -1.77.